The minimum atomic E-state index is -0.512. The quantitative estimate of drug-likeness (QED) is 0.386. The lowest BCUT2D eigenvalue weighted by atomic mass is 10.2. The number of thiazole rings is 1. The number of esters is 1. The van der Waals surface area contributed by atoms with Gasteiger partial charge in [-0.05, 0) is 44.2 Å². The lowest BCUT2D eigenvalue weighted by Crippen LogP contribution is -2.23. The molecule has 8 nitrogen and oxygen atoms in total. The molecule has 1 aromatic heterocycles. The van der Waals surface area contributed by atoms with Crippen molar-refractivity contribution in [1.82, 2.24) is 4.98 Å². The maximum Gasteiger partial charge on any atom is 0.338 e. The van der Waals surface area contributed by atoms with Crippen LogP contribution in [0, 0.1) is 0 Å². The van der Waals surface area contributed by atoms with Gasteiger partial charge in [0.1, 0.15) is 12.4 Å². The molecule has 0 aliphatic rings. The van der Waals surface area contributed by atoms with Crippen LogP contribution in [0.2, 0.25) is 0 Å². The van der Waals surface area contributed by atoms with Gasteiger partial charge in [-0.2, -0.15) is 0 Å². The third-order valence-corrected chi connectivity index (χ3v) is 5.38. The lowest BCUT2D eigenvalue weighted by Gasteiger charge is -2.20. The number of hydrogen-bond acceptors (Lipinski definition) is 8. The predicted molar refractivity (Wildman–Crippen MR) is 126 cm³/mol. The number of nitrogens with zero attached hydrogens (tertiary/aromatic N) is 2. The number of anilines is 2. The molecule has 1 heterocycles. The first-order valence-electron chi connectivity index (χ1n) is 10.4. The number of rotatable bonds is 10. The summed E-state index contributed by atoms with van der Waals surface area (Å²) in [5.74, 6) is 0.882. The summed E-state index contributed by atoms with van der Waals surface area (Å²) in [7, 11) is 1.54. The number of methoxy groups -OCH3 is 1. The molecular formula is C24H26N2O6S. The average Bonchev–Trinajstić information content (AvgIpc) is 3.27. The number of benzene rings is 2. The first-order valence-corrected chi connectivity index (χ1v) is 11.3. The summed E-state index contributed by atoms with van der Waals surface area (Å²) in [6.07, 6.45) is 0. The third kappa shape index (κ3) is 5.81. The highest BCUT2D eigenvalue weighted by Gasteiger charge is 2.21. The van der Waals surface area contributed by atoms with E-state index in [0.29, 0.717) is 52.5 Å². The summed E-state index contributed by atoms with van der Waals surface area (Å²) >= 11 is 1.27. The molecule has 33 heavy (non-hydrogen) atoms. The second kappa shape index (κ2) is 11.3. The van der Waals surface area contributed by atoms with Gasteiger partial charge < -0.3 is 18.9 Å². The zero-order valence-electron chi connectivity index (χ0n) is 19.0. The van der Waals surface area contributed by atoms with Gasteiger partial charge in [-0.1, -0.05) is 12.1 Å². The summed E-state index contributed by atoms with van der Waals surface area (Å²) in [4.78, 5) is 30.9. The first-order chi connectivity index (χ1) is 16.0. The number of ether oxygens (including phenoxy) is 4. The van der Waals surface area contributed by atoms with Crippen molar-refractivity contribution >= 4 is 34.0 Å². The number of aromatic nitrogens is 1. The van der Waals surface area contributed by atoms with Crippen LogP contribution in [-0.2, 0) is 16.1 Å². The Hall–Kier alpha value is -3.59. The Balaban J connectivity index is 1.73. The number of carbonyl (C=O) groups is 2. The van der Waals surface area contributed by atoms with Crippen molar-refractivity contribution in [3.05, 3.63) is 59.1 Å². The van der Waals surface area contributed by atoms with Crippen LogP contribution in [0.4, 0.5) is 10.8 Å². The van der Waals surface area contributed by atoms with E-state index in [-0.39, 0.29) is 12.5 Å². The van der Waals surface area contributed by atoms with Crippen LogP contribution in [0.5, 0.6) is 17.2 Å². The van der Waals surface area contributed by atoms with E-state index in [4.69, 9.17) is 18.9 Å². The van der Waals surface area contributed by atoms with Crippen molar-refractivity contribution in [2.45, 2.75) is 27.4 Å². The molecule has 0 N–H and O–H groups in total. The number of carbonyl (C=O) groups excluding carboxylic acids is 2. The van der Waals surface area contributed by atoms with Crippen molar-refractivity contribution in [2.24, 2.45) is 0 Å². The summed E-state index contributed by atoms with van der Waals surface area (Å²) < 4.78 is 21.9. The molecule has 0 aliphatic heterocycles. The molecule has 0 saturated carbocycles. The van der Waals surface area contributed by atoms with Crippen LogP contribution in [0.25, 0.3) is 0 Å². The van der Waals surface area contributed by atoms with E-state index in [9.17, 15) is 9.59 Å². The maximum atomic E-state index is 12.6. The molecule has 174 valence electrons. The van der Waals surface area contributed by atoms with Gasteiger partial charge in [-0.25, -0.2) is 9.78 Å². The minimum absolute atomic E-state index is 0.0375. The van der Waals surface area contributed by atoms with Crippen molar-refractivity contribution in [3.8, 4) is 17.2 Å². The molecule has 2 aromatic carbocycles. The van der Waals surface area contributed by atoms with E-state index >= 15 is 0 Å². The molecule has 0 unspecified atom stereocenters. The van der Waals surface area contributed by atoms with Crippen LogP contribution in [-0.4, -0.2) is 37.2 Å². The summed E-state index contributed by atoms with van der Waals surface area (Å²) in [5, 5.41) is 2.20. The molecule has 3 rings (SSSR count). The average molecular weight is 471 g/mol. The van der Waals surface area contributed by atoms with Gasteiger partial charge in [0.15, 0.2) is 16.6 Å². The molecule has 0 spiro atoms. The molecule has 0 saturated heterocycles. The van der Waals surface area contributed by atoms with Crippen LogP contribution in [0.3, 0.4) is 0 Å². The Labute approximate surface area is 196 Å². The Kier molecular flexibility index (Phi) is 8.26. The molecule has 9 heteroatoms. The van der Waals surface area contributed by atoms with Gasteiger partial charge in [0.05, 0.1) is 37.3 Å². The fraction of sp³-hybridized carbons (Fsp3) is 0.292. The number of hydrogen-bond donors (Lipinski definition) is 0. The van der Waals surface area contributed by atoms with Gasteiger partial charge in [0.25, 0.3) is 0 Å². The summed E-state index contributed by atoms with van der Waals surface area (Å²) in [6, 6.07) is 12.1. The van der Waals surface area contributed by atoms with Crippen LogP contribution in [0.1, 0.15) is 36.8 Å². The molecule has 0 aliphatic carbocycles. The predicted octanol–water partition coefficient (Wildman–Crippen LogP) is 4.99. The molecule has 0 fully saturated rings. The Bertz CT molecular complexity index is 1110. The normalized spacial score (nSPS) is 10.4. The fourth-order valence-corrected chi connectivity index (χ4v) is 3.95. The van der Waals surface area contributed by atoms with E-state index in [1.54, 1.807) is 42.8 Å². The highest BCUT2D eigenvalue weighted by Crippen LogP contribution is 2.35. The van der Waals surface area contributed by atoms with Crippen LogP contribution >= 0.6 is 11.3 Å². The highest BCUT2D eigenvalue weighted by molar-refractivity contribution is 7.14. The lowest BCUT2D eigenvalue weighted by molar-refractivity contribution is -0.115. The molecule has 3 aromatic rings. The highest BCUT2D eigenvalue weighted by atomic mass is 32.1. The SMILES string of the molecule is CCOc1ccc(C(=O)OCc2csc(N(C(C)=O)c3ccccc3OC)n2)cc1OCC. The zero-order valence-corrected chi connectivity index (χ0v) is 19.8. The van der Waals surface area contributed by atoms with Gasteiger partial charge in [-0.3, -0.25) is 9.69 Å². The Morgan fingerprint density at radius 3 is 2.42 bits per heavy atom. The Morgan fingerprint density at radius 2 is 1.73 bits per heavy atom. The van der Waals surface area contributed by atoms with Crippen LogP contribution < -0.4 is 19.1 Å². The molecule has 0 radical (unpaired) electrons. The van der Waals surface area contributed by atoms with Gasteiger partial charge >= 0.3 is 5.97 Å². The third-order valence-electron chi connectivity index (χ3n) is 4.50. The fourth-order valence-electron chi connectivity index (χ4n) is 3.09. The van der Waals surface area contributed by atoms with Crippen molar-refractivity contribution in [1.29, 1.82) is 0 Å². The maximum absolute atomic E-state index is 12.6. The van der Waals surface area contributed by atoms with Crippen LogP contribution in [0.15, 0.2) is 47.8 Å². The van der Waals surface area contributed by atoms with Crippen molar-refractivity contribution < 1.29 is 28.5 Å². The zero-order chi connectivity index (χ0) is 23.8. The van der Waals surface area contributed by atoms with E-state index in [1.165, 1.54) is 23.2 Å². The molecule has 0 atom stereocenters. The topological polar surface area (TPSA) is 87.2 Å². The molecular weight excluding hydrogens is 444 g/mol. The van der Waals surface area contributed by atoms with Crippen molar-refractivity contribution in [2.75, 3.05) is 25.2 Å². The summed E-state index contributed by atoms with van der Waals surface area (Å²) in [5.41, 5.74) is 1.46. The minimum Gasteiger partial charge on any atom is -0.495 e. The monoisotopic (exact) mass is 470 g/mol. The number of para-hydroxylation sites is 2. The molecule has 1 amide bonds. The Morgan fingerprint density at radius 1 is 1.00 bits per heavy atom. The van der Waals surface area contributed by atoms with E-state index < -0.39 is 5.97 Å². The molecule has 0 bridgehead atoms. The van der Waals surface area contributed by atoms with E-state index in [1.807, 2.05) is 26.0 Å². The second-order valence-electron chi connectivity index (χ2n) is 6.75. The smallest absolute Gasteiger partial charge is 0.338 e. The second-order valence-corrected chi connectivity index (χ2v) is 7.59. The van der Waals surface area contributed by atoms with Crippen molar-refractivity contribution in [3.63, 3.8) is 0 Å². The largest absolute Gasteiger partial charge is 0.495 e. The van der Waals surface area contributed by atoms with Gasteiger partial charge in [0, 0.05) is 12.3 Å². The van der Waals surface area contributed by atoms with E-state index in [2.05, 4.69) is 4.98 Å². The van der Waals surface area contributed by atoms with Gasteiger partial charge in [-0.15, -0.1) is 11.3 Å². The van der Waals surface area contributed by atoms with Gasteiger partial charge in [0.2, 0.25) is 5.91 Å². The number of amides is 1. The first kappa shape index (κ1) is 24.1. The van der Waals surface area contributed by atoms with E-state index in [0.717, 1.165) is 0 Å². The standard InChI is InChI=1S/C24H26N2O6S/c1-5-30-21-12-11-17(13-22(21)31-6-2)23(28)32-14-18-15-33-24(25-18)26(16(3)27)19-9-7-8-10-20(19)29-4/h7-13,15H,5-6,14H2,1-4H3. The summed E-state index contributed by atoms with van der Waals surface area (Å²) in [6.45, 7) is 6.08.